The van der Waals surface area contributed by atoms with E-state index in [1.54, 1.807) is 19.4 Å². The quantitative estimate of drug-likeness (QED) is 0.688. The molecule has 0 aliphatic heterocycles. The number of benzene rings is 1. The summed E-state index contributed by atoms with van der Waals surface area (Å²) in [6.07, 6.45) is 1.75. The first kappa shape index (κ1) is 16.7. The van der Waals surface area contributed by atoms with E-state index in [0.29, 0.717) is 18.8 Å². The van der Waals surface area contributed by atoms with Gasteiger partial charge in [0.05, 0.1) is 29.6 Å². The molecule has 0 aliphatic carbocycles. The maximum atomic E-state index is 12.0. The summed E-state index contributed by atoms with van der Waals surface area (Å²) in [6.45, 7) is 2.80. The van der Waals surface area contributed by atoms with Gasteiger partial charge < -0.3 is 15.2 Å². The van der Waals surface area contributed by atoms with Crippen molar-refractivity contribution in [1.82, 2.24) is 30.0 Å². The van der Waals surface area contributed by atoms with Crippen LogP contribution in [0.2, 0.25) is 0 Å². The molecule has 25 heavy (non-hydrogen) atoms. The first-order valence-corrected chi connectivity index (χ1v) is 8.00. The minimum atomic E-state index is -0.321. The van der Waals surface area contributed by atoms with Crippen LogP contribution in [0.3, 0.4) is 0 Å². The SMILES string of the molecule is Cc1cc(C(=O)NCC(=O)NCCn2cnc3ccccc32)n(C)n1. The third-order valence-corrected chi connectivity index (χ3v) is 3.85. The smallest absolute Gasteiger partial charge is 0.269 e. The summed E-state index contributed by atoms with van der Waals surface area (Å²) in [6, 6.07) is 9.50. The minimum Gasteiger partial charge on any atom is -0.353 e. The van der Waals surface area contributed by atoms with Crippen molar-refractivity contribution in [2.75, 3.05) is 13.1 Å². The summed E-state index contributed by atoms with van der Waals surface area (Å²) in [7, 11) is 1.69. The zero-order valence-electron chi connectivity index (χ0n) is 14.2. The third kappa shape index (κ3) is 3.85. The molecule has 2 aromatic heterocycles. The van der Waals surface area contributed by atoms with E-state index in [1.807, 2.05) is 35.8 Å². The first-order valence-electron chi connectivity index (χ1n) is 8.00. The lowest BCUT2D eigenvalue weighted by Crippen LogP contribution is -2.38. The molecule has 0 saturated heterocycles. The number of imidazole rings is 1. The highest BCUT2D eigenvalue weighted by Gasteiger charge is 2.12. The summed E-state index contributed by atoms with van der Waals surface area (Å²) in [5, 5.41) is 9.49. The van der Waals surface area contributed by atoms with Crippen molar-refractivity contribution >= 4 is 22.8 Å². The molecule has 0 radical (unpaired) electrons. The fourth-order valence-corrected chi connectivity index (χ4v) is 2.64. The molecule has 0 saturated carbocycles. The van der Waals surface area contributed by atoms with Gasteiger partial charge in [0.1, 0.15) is 5.69 Å². The van der Waals surface area contributed by atoms with Gasteiger partial charge in [-0.3, -0.25) is 14.3 Å². The van der Waals surface area contributed by atoms with E-state index in [0.717, 1.165) is 16.7 Å². The van der Waals surface area contributed by atoms with Crippen LogP contribution < -0.4 is 10.6 Å². The van der Waals surface area contributed by atoms with Crippen molar-refractivity contribution < 1.29 is 9.59 Å². The van der Waals surface area contributed by atoms with E-state index in [1.165, 1.54) is 4.68 Å². The van der Waals surface area contributed by atoms with Crippen LogP contribution >= 0.6 is 0 Å². The lowest BCUT2D eigenvalue weighted by Gasteiger charge is -2.08. The fourth-order valence-electron chi connectivity index (χ4n) is 2.64. The van der Waals surface area contributed by atoms with Crippen LogP contribution in [-0.4, -0.2) is 44.2 Å². The lowest BCUT2D eigenvalue weighted by atomic mass is 10.3. The van der Waals surface area contributed by atoms with Crippen LogP contribution in [0, 0.1) is 6.92 Å². The predicted octanol–water partition coefficient (Wildman–Crippen LogP) is 0.624. The fraction of sp³-hybridized carbons (Fsp3) is 0.294. The van der Waals surface area contributed by atoms with E-state index in [2.05, 4.69) is 20.7 Å². The van der Waals surface area contributed by atoms with Gasteiger partial charge in [-0.2, -0.15) is 5.10 Å². The largest absolute Gasteiger partial charge is 0.353 e. The molecule has 0 spiro atoms. The van der Waals surface area contributed by atoms with E-state index >= 15 is 0 Å². The molecule has 3 aromatic rings. The minimum absolute atomic E-state index is 0.0757. The van der Waals surface area contributed by atoms with Gasteiger partial charge in [-0.05, 0) is 25.1 Å². The maximum absolute atomic E-state index is 12.0. The summed E-state index contributed by atoms with van der Waals surface area (Å²) in [5.74, 6) is -0.560. The van der Waals surface area contributed by atoms with Gasteiger partial charge in [0.15, 0.2) is 0 Å². The van der Waals surface area contributed by atoms with Gasteiger partial charge in [0, 0.05) is 20.1 Å². The molecule has 1 aromatic carbocycles. The summed E-state index contributed by atoms with van der Waals surface area (Å²) in [5.41, 5.74) is 3.13. The normalized spacial score (nSPS) is 10.8. The average molecular weight is 340 g/mol. The molecule has 0 fully saturated rings. The zero-order valence-corrected chi connectivity index (χ0v) is 14.2. The number of nitrogens with one attached hydrogen (secondary N) is 2. The molecule has 8 nitrogen and oxygen atoms in total. The number of para-hydroxylation sites is 2. The molecule has 2 N–H and O–H groups in total. The van der Waals surface area contributed by atoms with E-state index in [4.69, 9.17) is 0 Å². The Hall–Kier alpha value is -3.16. The second-order valence-electron chi connectivity index (χ2n) is 5.75. The molecule has 0 bridgehead atoms. The molecular formula is C17H20N6O2. The van der Waals surface area contributed by atoms with Crippen molar-refractivity contribution in [3.63, 3.8) is 0 Å². The Balaban J connectivity index is 1.45. The Morgan fingerprint density at radius 1 is 1.20 bits per heavy atom. The number of hydrogen-bond acceptors (Lipinski definition) is 4. The summed E-state index contributed by atoms with van der Waals surface area (Å²) < 4.78 is 3.47. The molecule has 3 rings (SSSR count). The molecule has 0 unspecified atom stereocenters. The van der Waals surface area contributed by atoms with Crippen LogP contribution in [0.25, 0.3) is 11.0 Å². The highest BCUT2D eigenvalue weighted by molar-refractivity contribution is 5.95. The lowest BCUT2D eigenvalue weighted by molar-refractivity contribution is -0.120. The van der Waals surface area contributed by atoms with Gasteiger partial charge >= 0.3 is 0 Å². The van der Waals surface area contributed by atoms with Crippen molar-refractivity contribution in [3.8, 4) is 0 Å². The summed E-state index contributed by atoms with van der Waals surface area (Å²) >= 11 is 0. The van der Waals surface area contributed by atoms with E-state index in [9.17, 15) is 9.59 Å². The maximum Gasteiger partial charge on any atom is 0.269 e. The molecule has 0 atom stereocenters. The Labute approximate surface area is 144 Å². The van der Waals surface area contributed by atoms with Gasteiger partial charge in [-0.1, -0.05) is 12.1 Å². The van der Waals surface area contributed by atoms with Gasteiger partial charge in [0.25, 0.3) is 5.91 Å². The number of carbonyl (C=O) groups is 2. The van der Waals surface area contributed by atoms with Gasteiger partial charge in [-0.25, -0.2) is 4.98 Å². The van der Waals surface area contributed by atoms with Crippen LogP contribution in [0.4, 0.5) is 0 Å². The summed E-state index contributed by atoms with van der Waals surface area (Å²) in [4.78, 5) is 28.2. The van der Waals surface area contributed by atoms with E-state index < -0.39 is 0 Å². The topological polar surface area (TPSA) is 93.8 Å². The first-order chi connectivity index (χ1) is 12.0. The number of nitrogens with zero attached hydrogens (tertiary/aromatic N) is 4. The Morgan fingerprint density at radius 3 is 2.76 bits per heavy atom. The highest BCUT2D eigenvalue weighted by Crippen LogP contribution is 2.10. The molecule has 2 amide bonds. The third-order valence-electron chi connectivity index (χ3n) is 3.85. The second kappa shape index (κ2) is 7.16. The number of carbonyl (C=O) groups excluding carboxylic acids is 2. The Morgan fingerprint density at radius 2 is 2.00 bits per heavy atom. The molecule has 8 heteroatoms. The number of amides is 2. The van der Waals surface area contributed by atoms with Gasteiger partial charge in [0.2, 0.25) is 5.91 Å². The molecule has 2 heterocycles. The van der Waals surface area contributed by atoms with Crippen LogP contribution in [0.15, 0.2) is 36.7 Å². The number of aryl methyl sites for hydroxylation is 2. The second-order valence-corrected chi connectivity index (χ2v) is 5.75. The van der Waals surface area contributed by atoms with Crippen LogP contribution in [-0.2, 0) is 18.4 Å². The Bertz CT molecular complexity index is 911. The zero-order chi connectivity index (χ0) is 17.8. The number of rotatable bonds is 6. The predicted molar refractivity (Wildman–Crippen MR) is 93.0 cm³/mol. The van der Waals surface area contributed by atoms with Crippen molar-refractivity contribution in [2.45, 2.75) is 13.5 Å². The van der Waals surface area contributed by atoms with Gasteiger partial charge in [-0.15, -0.1) is 0 Å². The average Bonchev–Trinajstić information content (AvgIpc) is 3.16. The van der Waals surface area contributed by atoms with Crippen molar-refractivity contribution in [1.29, 1.82) is 0 Å². The van der Waals surface area contributed by atoms with Crippen molar-refractivity contribution in [3.05, 3.63) is 48.0 Å². The molecule has 130 valence electrons. The van der Waals surface area contributed by atoms with Crippen molar-refractivity contribution in [2.24, 2.45) is 7.05 Å². The van der Waals surface area contributed by atoms with Crippen LogP contribution in [0.5, 0.6) is 0 Å². The number of aromatic nitrogens is 4. The standard InChI is InChI=1S/C17H20N6O2/c1-12-9-15(22(2)21-12)17(25)19-10-16(24)18-7-8-23-11-20-13-5-3-4-6-14(13)23/h3-6,9,11H,7-8,10H2,1-2H3,(H,18,24)(H,19,25). The molecule has 0 aliphatic rings. The number of fused-ring (bicyclic) bond motifs is 1. The highest BCUT2D eigenvalue weighted by atomic mass is 16.2. The Kier molecular flexibility index (Phi) is 4.78. The molecular weight excluding hydrogens is 320 g/mol. The monoisotopic (exact) mass is 340 g/mol. The van der Waals surface area contributed by atoms with E-state index in [-0.39, 0.29) is 18.4 Å². The van der Waals surface area contributed by atoms with Crippen LogP contribution in [0.1, 0.15) is 16.2 Å². The number of hydrogen-bond donors (Lipinski definition) is 2.